The zero-order valence-electron chi connectivity index (χ0n) is 13.5. The van der Waals surface area contributed by atoms with Crippen molar-refractivity contribution in [1.82, 2.24) is 0 Å². The molecule has 0 aromatic heterocycles. The lowest BCUT2D eigenvalue weighted by Gasteiger charge is -2.15. The second-order valence-corrected chi connectivity index (χ2v) is 5.77. The molecule has 0 saturated carbocycles. The number of esters is 2. The van der Waals surface area contributed by atoms with Crippen LogP contribution >= 0.6 is 0 Å². The molecule has 0 fully saturated rings. The second-order valence-electron chi connectivity index (χ2n) is 5.77. The molecule has 1 aliphatic rings. The average molecular weight is 316 g/mol. The van der Waals surface area contributed by atoms with Crippen molar-refractivity contribution in [1.29, 1.82) is 0 Å². The van der Waals surface area contributed by atoms with Gasteiger partial charge in [0.25, 0.3) is 0 Å². The largest absolute Gasteiger partial charge is 0.462 e. The van der Waals surface area contributed by atoms with Crippen molar-refractivity contribution in [3.8, 4) is 0 Å². The molecular formula is C19H24O4. The van der Waals surface area contributed by atoms with Crippen LogP contribution in [0.5, 0.6) is 0 Å². The minimum atomic E-state index is -0.502. The van der Waals surface area contributed by atoms with E-state index in [0.717, 1.165) is 44.9 Å². The van der Waals surface area contributed by atoms with E-state index in [1.807, 2.05) is 0 Å². The summed E-state index contributed by atoms with van der Waals surface area (Å²) in [5.74, 6) is -0.972. The van der Waals surface area contributed by atoms with E-state index in [-0.39, 0.29) is 17.2 Å². The number of rotatable bonds is 1. The summed E-state index contributed by atoms with van der Waals surface area (Å²) in [5.41, 5.74) is 0.509. The topological polar surface area (TPSA) is 52.6 Å². The molecule has 1 aromatic rings. The summed E-state index contributed by atoms with van der Waals surface area (Å²) >= 11 is 0. The van der Waals surface area contributed by atoms with Gasteiger partial charge in [-0.3, -0.25) is 0 Å². The van der Waals surface area contributed by atoms with Crippen molar-refractivity contribution in [2.24, 2.45) is 0 Å². The number of carbonyl (C=O) groups excluding carboxylic acids is 2. The van der Waals surface area contributed by atoms with Crippen LogP contribution in [0.4, 0.5) is 0 Å². The van der Waals surface area contributed by atoms with E-state index in [4.69, 9.17) is 9.47 Å². The molecule has 0 saturated heterocycles. The Bertz CT molecular complexity index is 550. The maximum Gasteiger partial charge on any atom is 0.339 e. The number of cyclic esters (lactones) is 2. The average Bonchev–Trinajstić information content (AvgIpc) is 2.58. The Labute approximate surface area is 137 Å². The Hall–Kier alpha value is -2.10. The highest BCUT2D eigenvalue weighted by atomic mass is 16.5. The zero-order chi connectivity index (χ0) is 16.5. The molecule has 0 spiro atoms. The van der Waals surface area contributed by atoms with Crippen molar-refractivity contribution >= 4 is 11.9 Å². The van der Waals surface area contributed by atoms with E-state index in [2.05, 4.69) is 6.58 Å². The van der Waals surface area contributed by atoms with Gasteiger partial charge >= 0.3 is 11.9 Å². The monoisotopic (exact) mass is 316 g/mol. The first-order valence-electron chi connectivity index (χ1n) is 8.32. The highest BCUT2D eigenvalue weighted by Crippen LogP contribution is 2.17. The fourth-order valence-corrected chi connectivity index (χ4v) is 2.66. The summed E-state index contributed by atoms with van der Waals surface area (Å²) in [7, 11) is 0. The molecule has 4 nitrogen and oxygen atoms in total. The lowest BCUT2D eigenvalue weighted by Crippen LogP contribution is -2.19. The van der Waals surface area contributed by atoms with Crippen LogP contribution in [0.2, 0.25) is 0 Å². The van der Waals surface area contributed by atoms with Crippen LogP contribution in [0.25, 0.3) is 0 Å². The molecule has 124 valence electrons. The Morgan fingerprint density at radius 1 is 0.913 bits per heavy atom. The van der Waals surface area contributed by atoms with Gasteiger partial charge in [-0.15, -0.1) is 0 Å². The van der Waals surface area contributed by atoms with Gasteiger partial charge in [-0.25, -0.2) is 9.59 Å². The molecule has 0 amide bonds. The maximum absolute atomic E-state index is 12.4. The second kappa shape index (κ2) is 9.13. The lowest BCUT2D eigenvalue weighted by molar-refractivity contribution is 0.0361. The lowest BCUT2D eigenvalue weighted by atomic mass is 10.1. The van der Waals surface area contributed by atoms with Crippen LogP contribution in [0, 0.1) is 0 Å². The molecule has 1 aliphatic heterocycles. The molecule has 23 heavy (non-hydrogen) atoms. The summed E-state index contributed by atoms with van der Waals surface area (Å²) < 4.78 is 10.8. The molecular weight excluding hydrogens is 292 g/mol. The molecule has 0 aliphatic carbocycles. The molecule has 2 rings (SSSR count). The molecule has 1 unspecified atom stereocenters. The van der Waals surface area contributed by atoms with E-state index in [0.29, 0.717) is 6.61 Å². The first-order chi connectivity index (χ1) is 11.2. The fourth-order valence-electron chi connectivity index (χ4n) is 2.66. The molecule has 0 N–H and O–H groups in total. The van der Waals surface area contributed by atoms with Crippen LogP contribution in [0.3, 0.4) is 0 Å². The van der Waals surface area contributed by atoms with E-state index in [1.165, 1.54) is 0 Å². The smallest absolute Gasteiger partial charge is 0.339 e. The maximum atomic E-state index is 12.4. The first-order valence-corrected chi connectivity index (χ1v) is 8.32. The van der Waals surface area contributed by atoms with Crippen molar-refractivity contribution < 1.29 is 19.1 Å². The minimum absolute atomic E-state index is 0.249. The quantitative estimate of drug-likeness (QED) is 0.572. The number of carbonyl (C=O) groups is 2. The normalized spacial score (nSPS) is 21.1. The summed E-state index contributed by atoms with van der Waals surface area (Å²) in [6, 6.07) is 6.62. The number of benzene rings is 1. The minimum Gasteiger partial charge on any atom is -0.462 e. The van der Waals surface area contributed by atoms with Gasteiger partial charge in [-0.05, 0) is 31.4 Å². The van der Waals surface area contributed by atoms with Crippen molar-refractivity contribution in [3.05, 3.63) is 48.0 Å². The van der Waals surface area contributed by atoms with Gasteiger partial charge in [0.15, 0.2) is 0 Å². The molecule has 4 heteroatoms. The van der Waals surface area contributed by atoms with Gasteiger partial charge in [-0.1, -0.05) is 50.5 Å². The van der Waals surface area contributed by atoms with E-state index in [1.54, 1.807) is 30.3 Å². The molecule has 1 atom stereocenters. The Kier molecular flexibility index (Phi) is 6.85. The third-order valence-electron chi connectivity index (χ3n) is 4.00. The third-order valence-corrected chi connectivity index (χ3v) is 4.00. The summed E-state index contributed by atoms with van der Waals surface area (Å²) in [5, 5.41) is 0. The fraction of sp³-hybridized carbons (Fsp3) is 0.474. The summed E-state index contributed by atoms with van der Waals surface area (Å²) in [4.78, 5) is 24.6. The van der Waals surface area contributed by atoms with Crippen LogP contribution in [0.15, 0.2) is 36.9 Å². The SMILES string of the molecule is C=CC1CCCCCCCCOC(=O)c2ccccc2C(=O)O1. The van der Waals surface area contributed by atoms with Crippen molar-refractivity contribution in [2.75, 3.05) is 6.61 Å². The molecule has 1 heterocycles. The van der Waals surface area contributed by atoms with Crippen LogP contribution in [-0.2, 0) is 9.47 Å². The van der Waals surface area contributed by atoms with Crippen molar-refractivity contribution in [3.63, 3.8) is 0 Å². The standard InChI is InChI=1S/C19H24O4/c1-2-15-11-7-5-3-4-6-10-14-22-18(20)16-12-8-9-13-17(16)19(21)23-15/h2,8-9,12-13,15H,1,3-7,10-11,14H2. The first kappa shape index (κ1) is 17.3. The van der Waals surface area contributed by atoms with E-state index in [9.17, 15) is 9.59 Å². The van der Waals surface area contributed by atoms with E-state index < -0.39 is 11.9 Å². The Balaban J connectivity index is 2.18. The molecule has 0 radical (unpaired) electrons. The van der Waals surface area contributed by atoms with Crippen LogP contribution < -0.4 is 0 Å². The predicted octanol–water partition coefficient (Wildman–Crippen LogP) is 4.30. The molecule has 1 aromatic carbocycles. The number of hydrogen-bond donors (Lipinski definition) is 0. The van der Waals surface area contributed by atoms with Gasteiger partial charge in [0, 0.05) is 0 Å². The number of ether oxygens (including phenoxy) is 2. The number of fused-ring (bicyclic) bond motifs is 1. The van der Waals surface area contributed by atoms with Gasteiger partial charge < -0.3 is 9.47 Å². The number of hydrogen-bond acceptors (Lipinski definition) is 4. The predicted molar refractivity (Wildman–Crippen MR) is 88.4 cm³/mol. The van der Waals surface area contributed by atoms with Crippen LogP contribution in [-0.4, -0.2) is 24.6 Å². The van der Waals surface area contributed by atoms with Gasteiger partial charge in [0.2, 0.25) is 0 Å². The summed E-state index contributed by atoms with van der Waals surface area (Å²) in [6.07, 6.45) is 8.39. The van der Waals surface area contributed by atoms with Crippen LogP contribution in [0.1, 0.15) is 65.7 Å². The third kappa shape index (κ3) is 5.23. The van der Waals surface area contributed by atoms with Gasteiger partial charge in [0.1, 0.15) is 6.10 Å². The highest BCUT2D eigenvalue weighted by Gasteiger charge is 2.21. The van der Waals surface area contributed by atoms with Gasteiger partial charge in [0.05, 0.1) is 17.7 Å². The van der Waals surface area contributed by atoms with Crippen molar-refractivity contribution in [2.45, 2.75) is 51.0 Å². The highest BCUT2D eigenvalue weighted by molar-refractivity contribution is 6.03. The Morgan fingerprint density at radius 2 is 1.52 bits per heavy atom. The Morgan fingerprint density at radius 3 is 2.22 bits per heavy atom. The summed E-state index contributed by atoms with van der Waals surface area (Å²) in [6.45, 7) is 4.12. The zero-order valence-corrected chi connectivity index (χ0v) is 13.5. The van der Waals surface area contributed by atoms with E-state index >= 15 is 0 Å². The molecule has 0 bridgehead atoms. The van der Waals surface area contributed by atoms with Gasteiger partial charge in [-0.2, -0.15) is 0 Å².